The molecule has 0 aliphatic rings. The minimum absolute atomic E-state index is 0.162. The van der Waals surface area contributed by atoms with Crippen LogP contribution in [0.25, 0.3) is 0 Å². The molecular formula is C15H14ClFN2O2S. The fourth-order valence-electron chi connectivity index (χ4n) is 1.87. The number of hydrogen-bond donors (Lipinski definition) is 1. The predicted octanol–water partition coefficient (Wildman–Crippen LogP) is 3.53. The first-order valence-corrected chi connectivity index (χ1v) is 7.96. The highest BCUT2D eigenvalue weighted by Crippen LogP contribution is 2.24. The number of aromatic nitrogens is 1. The lowest BCUT2D eigenvalue weighted by Gasteiger charge is -2.10. The van der Waals surface area contributed by atoms with Gasteiger partial charge in [-0.2, -0.15) is 0 Å². The largest absolute Gasteiger partial charge is 0.494 e. The van der Waals surface area contributed by atoms with E-state index < -0.39 is 5.82 Å². The van der Waals surface area contributed by atoms with Crippen molar-refractivity contribution in [2.75, 3.05) is 13.4 Å². The first kappa shape index (κ1) is 16.6. The molecule has 0 atom stereocenters. The Morgan fingerprint density at radius 1 is 1.45 bits per heavy atom. The number of nitrogens with one attached hydrogen (secondary N) is 1. The summed E-state index contributed by atoms with van der Waals surface area (Å²) < 4.78 is 18.5. The first-order valence-electron chi connectivity index (χ1n) is 6.36. The molecule has 0 aliphatic heterocycles. The molecule has 22 heavy (non-hydrogen) atoms. The Kier molecular flexibility index (Phi) is 5.63. The van der Waals surface area contributed by atoms with Crippen LogP contribution in [0.4, 0.5) is 4.39 Å². The molecule has 1 heterocycles. The van der Waals surface area contributed by atoms with Crippen LogP contribution in [-0.4, -0.2) is 24.3 Å². The smallest absolute Gasteiger partial charge is 0.255 e. The molecular weight excluding hydrogens is 327 g/mol. The molecule has 0 radical (unpaired) electrons. The summed E-state index contributed by atoms with van der Waals surface area (Å²) in [5.74, 6) is -0.660. The average molecular weight is 341 g/mol. The van der Waals surface area contributed by atoms with Gasteiger partial charge in [0.2, 0.25) is 0 Å². The van der Waals surface area contributed by atoms with Gasteiger partial charge in [0.1, 0.15) is 5.03 Å². The standard InChI is InChI=1S/C15H14ClFN2O2S/c1-21-12-4-3-9(7-11(12)17)8-19-14(20)13-10(16)5-6-18-15(13)22-2/h3-7H,8H2,1-2H3,(H,19,20). The summed E-state index contributed by atoms with van der Waals surface area (Å²) in [7, 11) is 1.40. The number of amides is 1. The predicted molar refractivity (Wildman–Crippen MR) is 85.2 cm³/mol. The third-order valence-electron chi connectivity index (χ3n) is 2.96. The molecule has 7 heteroatoms. The Labute approximate surface area is 137 Å². The normalized spacial score (nSPS) is 10.4. The summed E-state index contributed by atoms with van der Waals surface area (Å²) in [6, 6.07) is 6.08. The Balaban J connectivity index is 2.12. The SMILES string of the molecule is COc1ccc(CNC(=O)c2c(Cl)ccnc2SC)cc1F. The van der Waals surface area contributed by atoms with Crippen molar-refractivity contribution in [3.63, 3.8) is 0 Å². The zero-order valence-corrected chi connectivity index (χ0v) is 13.6. The maximum atomic E-state index is 13.6. The van der Waals surface area contributed by atoms with Crippen molar-refractivity contribution in [1.82, 2.24) is 10.3 Å². The van der Waals surface area contributed by atoms with Crippen LogP contribution in [0.15, 0.2) is 35.5 Å². The van der Waals surface area contributed by atoms with Crippen molar-refractivity contribution < 1.29 is 13.9 Å². The highest BCUT2D eigenvalue weighted by atomic mass is 35.5. The van der Waals surface area contributed by atoms with E-state index in [9.17, 15) is 9.18 Å². The van der Waals surface area contributed by atoms with Gasteiger partial charge in [0.05, 0.1) is 17.7 Å². The van der Waals surface area contributed by atoms with Crippen molar-refractivity contribution >= 4 is 29.3 Å². The van der Waals surface area contributed by atoms with Crippen molar-refractivity contribution in [3.05, 3.63) is 52.4 Å². The van der Waals surface area contributed by atoms with Crippen LogP contribution in [0.2, 0.25) is 5.02 Å². The molecule has 0 saturated heterocycles. The van der Waals surface area contributed by atoms with Gasteiger partial charge in [-0.1, -0.05) is 17.7 Å². The lowest BCUT2D eigenvalue weighted by atomic mass is 10.2. The second-order valence-corrected chi connectivity index (χ2v) is 5.53. The van der Waals surface area contributed by atoms with Gasteiger partial charge < -0.3 is 10.1 Å². The van der Waals surface area contributed by atoms with Crippen molar-refractivity contribution in [3.8, 4) is 5.75 Å². The second-order valence-electron chi connectivity index (χ2n) is 4.33. The summed E-state index contributed by atoms with van der Waals surface area (Å²) in [6.07, 6.45) is 3.36. The molecule has 1 aromatic heterocycles. The van der Waals surface area contributed by atoms with E-state index in [1.165, 1.54) is 31.0 Å². The molecule has 0 bridgehead atoms. The number of methoxy groups -OCH3 is 1. The Hall–Kier alpha value is -1.79. The summed E-state index contributed by atoms with van der Waals surface area (Å²) >= 11 is 7.39. The monoisotopic (exact) mass is 340 g/mol. The van der Waals surface area contributed by atoms with E-state index in [4.69, 9.17) is 16.3 Å². The minimum Gasteiger partial charge on any atom is -0.494 e. The number of carbonyl (C=O) groups excluding carboxylic acids is 1. The quantitative estimate of drug-likeness (QED) is 0.846. The van der Waals surface area contributed by atoms with Gasteiger partial charge in [-0.3, -0.25) is 4.79 Å². The van der Waals surface area contributed by atoms with Crippen LogP contribution in [0.3, 0.4) is 0 Å². The van der Waals surface area contributed by atoms with Gasteiger partial charge in [-0.05, 0) is 30.0 Å². The van der Waals surface area contributed by atoms with Gasteiger partial charge in [0.25, 0.3) is 5.91 Å². The number of carbonyl (C=O) groups is 1. The van der Waals surface area contributed by atoms with Crippen LogP contribution in [-0.2, 0) is 6.54 Å². The molecule has 2 rings (SSSR count). The van der Waals surface area contributed by atoms with Gasteiger partial charge in [0, 0.05) is 12.7 Å². The number of pyridine rings is 1. The van der Waals surface area contributed by atoms with Crippen LogP contribution >= 0.6 is 23.4 Å². The van der Waals surface area contributed by atoms with Crippen molar-refractivity contribution in [2.45, 2.75) is 11.6 Å². The molecule has 0 aliphatic carbocycles. The van der Waals surface area contributed by atoms with E-state index in [1.807, 2.05) is 6.26 Å². The summed E-state index contributed by atoms with van der Waals surface area (Å²) in [5.41, 5.74) is 0.947. The minimum atomic E-state index is -0.474. The Bertz CT molecular complexity index is 697. The molecule has 2 aromatic rings. The van der Waals surface area contributed by atoms with E-state index in [-0.39, 0.29) is 18.2 Å². The van der Waals surface area contributed by atoms with Crippen molar-refractivity contribution in [1.29, 1.82) is 0 Å². The first-order chi connectivity index (χ1) is 10.6. The number of halogens is 2. The molecule has 4 nitrogen and oxygen atoms in total. The fourth-order valence-corrected chi connectivity index (χ4v) is 2.73. The van der Waals surface area contributed by atoms with E-state index in [0.717, 1.165) is 0 Å². The van der Waals surface area contributed by atoms with E-state index >= 15 is 0 Å². The lowest BCUT2D eigenvalue weighted by molar-refractivity contribution is 0.0947. The summed E-state index contributed by atoms with van der Waals surface area (Å²) in [5, 5.41) is 3.59. The van der Waals surface area contributed by atoms with E-state index in [1.54, 1.807) is 18.3 Å². The highest BCUT2D eigenvalue weighted by Gasteiger charge is 2.16. The summed E-state index contributed by atoms with van der Waals surface area (Å²) in [4.78, 5) is 16.4. The fraction of sp³-hybridized carbons (Fsp3) is 0.200. The third-order valence-corrected chi connectivity index (χ3v) is 3.97. The number of benzene rings is 1. The molecule has 0 saturated carbocycles. The Morgan fingerprint density at radius 2 is 2.23 bits per heavy atom. The number of ether oxygens (including phenoxy) is 1. The molecule has 1 amide bonds. The van der Waals surface area contributed by atoms with Gasteiger partial charge in [-0.25, -0.2) is 9.37 Å². The van der Waals surface area contributed by atoms with Crippen LogP contribution in [0, 0.1) is 5.82 Å². The van der Waals surface area contributed by atoms with Crippen LogP contribution in [0.5, 0.6) is 5.75 Å². The van der Waals surface area contributed by atoms with Gasteiger partial charge in [-0.15, -0.1) is 11.8 Å². The van der Waals surface area contributed by atoms with Crippen molar-refractivity contribution in [2.24, 2.45) is 0 Å². The maximum Gasteiger partial charge on any atom is 0.255 e. The second kappa shape index (κ2) is 7.47. The number of rotatable bonds is 5. The summed E-state index contributed by atoms with van der Waals surface area (Å²) in [6.45, 7) is 0.179. The third kappa shape index (κ3) is 3.69. The number of hydrogen-bond acceptors (Lipinski definition) is 4. The molecule has 0 spiro atoms. The maximum absolute atomic E-state index is 13.6. The Morgan fingerprint density at radius 3 is 2.86 bits per heavy atom. The zero-order chi connectivity index (χ0) is 16.1. The molecule has 116 valence electrons. The number of nitrogens with zero attached hydrogens (tertiary/aromatic N) is 1. The van der Waals surface area contributed by atoms with Crippen LogP contribution in [0.1, 0.15) is 15.9 Å². The topological polar surface area (TPSA) is 51.2 Å². The van der Waals surface area contributed by atoms with Crippen LogP contribution < -0.4 is 10.1 Å². The molecule has 0 unspecified atom stereocenters. The highest BCUT2D eigenvalue weighted by molar-refractivity contribution is 7.98. The lowest BCUT2D eigenvalue weighted by Crippen LogP contribution is -2.24. The van der Waals surface area contributed by atoms with Gasteiger partial charge in [0.15, 0.2) is 11.6 Å². The average Bonchev–Trinajstić information content (AvgIpc) is 2.52. The molecule has 1 N–H and O–H groups in total. The molecule has 1 aromatic carbocycles. The molecule has 0 fully saturated rings. The zero-order valence-electron chi connectivity index (χ0n) is 12.0. The van der Waals surface area contributed by atoms with E-state index in [0.29, 0.717) is 21.2 Å². The van der Waals surface area contributed by atoms with E-state index in [2.05, 4.69) is 10.3 Å². The van der Waals surface area contributed by atoms with Gasteiger partial charge >= 0.3 is 0 Å². The number of thioether (sulfide) groups is 1.